The van der Waals surface area contributed by atoms with Gasteiger partial charge in [-0.05, 0) is 49.9 Å². The zero-order valence-corrected chi connectivity index (χ0v) is 12.4. The van der Waals surface area contributed by atoms with Gasteiger partial charge in [0.05, 0.1) is 22.6 Å². The summed E-state index contributed by atoms with van der Waals surface area (Å²) >= 11 is 0. The van der Waals surface area contributed by atoms with Crippen molar-refractivity contribution in [2.24, 2.45) is 5.92 Å². The molecule has 2 atom stereocenters. The zero-order valence-electron chi connectivity index (χ0n) is 11.6. The lowest BCUT2D eigenvalue weighted by atomic mass is 10.0. The fourth-order valence-corrected chi connectivity index (χ4v) is 4.03. The van der Waals surface area contributed by atoms with Crippen molar-refractivity contribution in [1.82, 2.24) is 4.31 Å². The lowest BCUT2D eigenvalue weighted by molar-refractivity contribution is 0.133. The van der Waals surface area contributed by atoms with Gasteiger partial charge in [0.1, 0.15) is 0 Å². The van der Waals surface area contributed by atoms with Gasteiger partial charge >= 0.3 is 0 Å². The number of nitrogens with zero attached hydrogens (tertiary/aromatic N) is 2. The lowest BCUT2D eigenvalue weighted by Gasteiger charge is -2.18. The molecule has 0 aromatic heterocycles. The van der Waals surface area contributed by atoms with Crippen LogP contribution in [0.3, 0.4) is 0 Å². The Morgan fingerprint density at radius 3 is 2.70 bits per heavy atom. The Labute approximate surface area is 119 Å². The van der Waals surface area contributed by atoms with Crippen LogP contribution >= 0.6 is 0 Å². The van der Waals surface area contributed by atoms with E-state index in [-0.39, 0.29) is 10.8 Å². The van der Waals surface area contributed by atoms with Crippen LogP contribution in [0.15, 0.2) is 23.1 Å². The first-order chi connectivity index (χ1) is 9.36. The lowest BCUT2D eigenvalue weighted by Crippen LogP contribution is -2.30. The second kappa shape index (κ2) is 5.52. The summed E-state index contributed by atoms with van der Waals surface area (Å²) in [5, 5.41) is 18.4. The van der Waals surface area contributed by atoms with Crippen LogP contribution in [0, 0.1) is 24.2 Å². The maximum Gasteiger partial charge on any atom is 0.243 e. The monoisotopic (exact) mass is 294 g/mol. The molecular formula is C14H18N2O3S. The highest BCUT2D eigenvalue weighted by atomic mass is 32.2. The van der Waals surface area contributed by atoms with Crippen LogP contribution in [0.2, 0.25) is 0 Å². The number of rotatable bonds is 3. The standard InChI is InChI=1S/C14H18N2O3S/c1-10-7-14(4-3-12(10)8-15)20(18,19)16-6-5-13(9-16)11(2)17/h3-4,7,11,13,17H,5-6,9H2,1-2H3. The molecule has 0 saturated carbocycles. The van der Waals surface area contributed by atoms with Crippen LogP contribution in [-0.4, -0.2) is 37.0 Å². The van der Waals surface area contributed by atoms with Gasteiger partial charge in [0.2, 0.25) is 10.0 Å². The Bertz CT molecular complexity index is 647. The van der Waals surface area contributed by atoms with Gasteiger partial charge in [-0.1, -0.05) is 0 Å². The summed E-state index contributed by atoms with van der Waals surface area (Å²) in [6.07, 6.45) is 0.171. The molecule has 5 nitrogen and oxygen atoms in total. The van der Waals surface area contributed by atoms with E-state index in [2.05, 4.69) is 0 Å². The minimum absolute atomic E-state index is 0.00995. The van der Waals surface area contributed by atoms with Crippen LogP contribution in [0.25, 0.3) is 0 Å². The van der Waals surface area contributed by atoms with Crippen LogP contribution in [-0.2, 0) is 10.0 Å². The molecule has 6 heteroatoms. The summed E-state index contributed by atoms with van der Waals surface area (Å²) in [5.74, 6) is -0.00995. The summed E-state index contributed by atoms with van der Waals surface area (Å²) in [5.41, 5.74) is 1.13. The van der Waals surface area contributed by atoms with Crippen molar-refractivity contribution in [1.29, 1.82) is 5.26 Å². The van der Waals surface area contributed by atoms with E-state index < -0.39 is 16.1 Å². The van der Waals surface area contributed by atoms with E-state index >= 15 is 0 Å². The predicted octanol–water partition coefficient (Wildman–Crippen LogP) is 1.26. The molecular weight excluding hydrogens is 276 g/mol. The van der Waals surface area contributed by atoms with Crippen LogP contribution in [0.5, 0.6) is 0 Å². The molecule has 2 rings (SSSR count). The second-order valence-corrected chi connectivity index (χ2v) is 7.18. The van der Waals surface area contributed by atoms with Gasteiger partial charge in [-0.25, -0.2) is 8.42 Å². The normalized spacial score (nSPS) is 21.6. The molecule has 0 bridgehead atoms. The van der Waals surface area contributed by atoms with Crippen molar-refractivity contribution in [3.8, 4) is 6.07 Å². The fraction of sp³-hybridized carbons (Fsp3) is 0.500. The number of aliphatic hydroxyl groups is 1. The number of aryl methyl sites for hydroxylation is 1. The Morgan fingerprint density at radius 2 is 2.20 bits per heavy atom. The van der Waals surface area contributed by atoms with Crippen molar-refractivity contribution in [2.75, 3.05) is 13.1 Å². The summed E-state index contributed by atoms with van der Waals surface area (Å²) in [6, 6.07) is 6.56. The van der Waals surface area contributed by atoms with Crippen molar-refractivity contribution >= 4 is 10.0 Å². The third kappa shape index (κ3) is 2.70. The van der Waals surface area contributed by atoms with Crippen LogP contribution in [0.1, 0.15) is 24.5 Å². The number of hydrogen-bond acceptors (Lipinski definition) is 4. The zero-order chi connectivity index (χ0) is 14.9. The van der Waals surface area contributed by atoms with Crippen molar-refractivity contribution in [3.05, 3.63) is 29.3 Å². The fourth-order valence-electron chi connectivity index (χ4n) is 2.44. The summed E-state index contributed by atoms with van der Waals surface area (Å²) in [4.78, 5) is 0.209. The summed E-state index contributed by atoms with van der Waals surface area (Å²) < 4.78 is 26.4. The minimum Gasteiger partial charge on any atom is -0.393 e. The molecule has 1 aliphatic heterocycles. The Hall–Kier alpha value is -1.42. The third-order valence-electron chi connectivity index (χ3n) is 3.83. The average molecular weight is 294 g/mol. The van der Waals surface area contributed by atoms with Gasteiger partial charge in [-0.3, -0.25) is 0 Å². The molecule has 1 fully saturated rings. The SMILES string of the molecule is Cc1cc(S(=O)(=O)N2CCC(C(C)O)C2)ccc1C#N. The molecule has 20 heavy (non-hydrogen) atoms. The number of benzene rings is 1. The Morgan fingerprint density at radius 1 is 1.50 bits per heavy atom. The van der Waals surface area contributed by atoms with E-state index in [9.17, 15) is 13.5 Å². The van der Waals surface area contributed by atoms with Crippen LogP contribution < -0.4 is 0 Å². The second-order valence-electron chi connectivity index (χ2n) is 5.24. The number of sulfonamides is 1. The minimum atomic E-state index is -3.54. The molecule has 1 aromatic rings. The van der Waals surface area contributed by atoms with E-state index in [1.54, 1.807) is 13.8 Å². The average Bonchev–Trinajstić information content (AvgIpc) is 2.89. The Balaban J connectivity index is 2.28. The molecule has 108 valence electrons. The molecule has 1 aromatic carbocycles. The molecule has 0 amide bonds. The largest absolute Gasteiger partial charge is 0.393 e. The highest BCUT2D eigenvalue weighted by molar-refractivity contribution is 7.89. The van der Waals surface area contributed by atoms with Gasteiger partial charge < -0.3 is 5.11 Å². The van der Waals surface area contributed by atoms with Gasteiger partial charge in [0.25, 0.3) is 0 Å². The maximum absolute atomic E-state index is 12.5. The van der Waals surface area contributed by atoms with E-state index in [0.29, 0.717) is 30.6 Å². The van der Waals surface area contributed by atoms with Crippen molar-refractivity contribution < 1.29 is 13.5 Å². The van der Waals surface area contributed by atoms with Gasteiger partial charge in [-0.2, -0.15) is 9.57 Å². The number of aliphatic hydroxyl groups excluding tert-OH is 1. The molecule has 0 spiro atoms. The predicted molar refractivity (Wildman–Crippen MR) is 74.4 cm³/mol. The first-order valence-electron chi connectivity index (χ1n) is 6.55. The van der Waals surface area contributed by atoms with Crippen molar-refractivity contribution in [2.45, 2.75) is 31.3 Å². The highest BCUT2D eigenvalue weighted by Crippen LogP contribution is 2.27. The van der Waals surface area contributed by atoms with E-state index in [0.717, 1.165) is 0 Å². The number of nitriles is 1. The van der Waals surface area contributed by atoms with Gasteiger partial charge in [-0.15, -0.1) is 0 Å². The first-order valence-corrected chi connectivity index (χ1v) is 7.99. The molecule has 1 N–H and O–H groups in total. The quantitative estimate of drug-likeness (QED) is 0.910. The first kappa shape index (κ1) is 15.0. The van der Waals surface area contributed by atoms with Crippen molar-refractivity contribution in [3.63, 3.8) is 0 Å². The smallest absolute Gasteiger partial charge is 0.243 e. The molecule has 0 aliphatic carbocycles. The highest BCUT2D eigenvalue weighted by Gasteiger charge is 2.34. The maximum atomic E-state index is 12.5. The van der Waals surface area contributed by atoms with Gasteiger partial charge in [0.15, 0.2) is 0 Å². The van der Waals surface area contributed by atoms with E-state index in [1.807, 2.05) is 6.07 Å². The molecule has 1 saturated heterocycles. The van der Waals surface area contributed by atoms with Crippen LogP contribution in [0.4, 0.5) is 0 Å². The molecule has 1 heterocycles. The van der Waals surface area contributed by atoms with Gasteiger partial charge in [0, 0.05) is 13.1 Å². The molecule has 2 unspecified atom stereocenters. The summed E-state index contributed by atoms with van der Waals surface area (Å²) in [7, 11) is -3.54. The topological polar surface area (TPSA) is 81.4 Å². The summed E-state index contributed by atoms with van der Waals surface area (Å²) in [6.45, 7) is 4.18. The third-order valence-corrected chi connectivity index (χ3v) is 5.69. The Kier molecular flexibility index (Phi) is 4.14. The molecule has 0 radical (unpaired) electrons. The number of hydrogen-bond donors (Lipinski definition) is 1. The van der Waals surface area contributed by atoms with E-state index in [1.165, 1.54) is 22.5 Å². The van der Waals surface area contributed by atoms with E-state index in [4.69, 9.17) is 5.26 Å². The molecule has 1 aliphatic rings.